The lowest BCUT2D eigenvalue weighted by Gasteiger charge is -2.04. The fourth-order valence-corrected chi connectivity index (χ4v) is 1.13. The molecule has 3 heteroatoms. The van der Waals surface area contributed by atoms with Gasteiger partial charge in [-0.1, -0.05) is 12.1 Å². The van der Waals surface area contributed by atoms with Crippen LogP contribution in [0.5, 0.6) is 0 Å². The predicted octanol–water partition coefficient (Wildman–Crippen LogP) is 1.59. The predicted molar refractivity (Wildman–Crippen MR) is 47.9 cm³/mol. The second-order valence-electron chi connectivity index (χ2n) is 2.65. The molecule has 0 heterocycles. The van der Waals surface area contributed by atoms with E-state index >= 15 is 0 Å². The van der Waals surface area contributed by atoms with Gasteiger partial charge in [-0.15, -0.1) is 0 Å². The largest absolute Gasteiger partial charge is 0.465 e. The molecule has 1 aromatic carbocycles. The first-order chi connectivity index (χ1) is 6.20. The number of hydrogen-bond acceptors (Lipinski definition) is 3. The van der Waals surface area contributed by atoms with Crippen LogP contribution in [-0.2, 0) is 4.74 Å². The molecule has 0 aliphatic rings. The van der Waals surface area contributed by atoms with E-state index in [-0.39, 0.29) is 0 Å². The Bertz CT molecular complexity index is 342. The molecule has 0 aliphatic heterocycles. The van der Waals surface area contributed by atoms with Gasteiger partial charge >= 0.3 is 5.97 Å². The summed E-state index contributed by atoms with van der Waals surface area (Å²) in [6.45, 7) is 1.77. The van der Waals surface area contributed by atoms with Crippen molar-refractivity contribution in [3.63, 3.8) is 0 Å². The summed E-state index contributed by atoms with van der Waals surface area (Å²) in [6, 6.07) is 5.06. The summed E-state index contributed by atoms with van der Waals surface area (Å²) in [7, 11) is 1.29. The van der Waals surface area contributed by atoms with Crippen molar-refractivity contribution in [2.75, 3.05) is 7.11 Å². The van der Waals surface area contributed by atoms with Crippen LogP contribution < -0.4 is 0 Å². The first kappa shape index (κ1) is 9.45. The summed E-state index contributed by atoms with van der Waals surface area (Å²) in [5, 5.41) is 0. The van der Waals surface area contributed by atoms with Gasteiger partial charge in [0.05, 0.1) is 12.7 Å². The van der Waals surface area contributed by atoms with Gasteiger partial charge in [0.1, 0.15) is 0 Å². The maximum atomic E-state index is 11.2. The van der Waals surface area contributed by atoms with Crippen molar-refractivity contribution in [2.45, 2.75) is 6.92 Å². The number of rotatable bonds is 2. The summed E-state index contributed by atoms with van der Waals surface area (Å²) in [6.07, 6.45) is 0.668. The Morgan fingerprint density at radius 3 is 2.69 bits per heavy atom. The molecule has 0 aliphatic carbocycles. The van der Waals surface area contributed by atoms with Gasteiger partial charge in [-0.05, 0) is 18.6 Å². The Labute approximate surface area is 76.3 Å². The average molecular weight is 178 g/mol. The second kappa shape index (κ2) is 3.85. The minimum atomic E-state index is -0.481. The molecule has 0 atom stereocenters. The number of esters is 1. The molecule has 0 radical (unpaired) electrons. The standard InChI is InChI=1S/C10H10O3/c1-7-4-3-5-8(9(7)6-11)10(12)13-2/h3-6H,1-2H3. The molecule has 0 aromatic heterocycles. The van der Waals surface area contributed by atoms with Gasteiger partial charge in [0.25, 0.3) is 0 Å². The Hall–Kier alpha value is -1.64. The van der Waals surface area contributed by atoms with E-state index < -0.39 is 5.97 Å². The van der Waals surface area contributed by atoms with Gasteiger partial charge in [-0.3, -0.25) is 4.79 Å². The van der Waals surface area contributed by atoms with Crippen LogP contribution in [0.3, 0.4) is 0 Å². The van der Waals surface area contributed by atoms with E-state index in [2.05, 4.69) is 4.74 Å². The molecular weight excluding hydrogens is 168 g/mol. The fraction of sp³-hybridized carbons (Fsp3) is 0.200. The zero-order valence-corrected chi connectivity index (χ0v) is 7.53. The summed E-state index contributed by atoms with van der Waals surface area (Å²) < 4.78 is 4.54. The van der Waals surface area contributed by atoms with E-state index in [4.69, 9.17) is 0 Å². The highest BCUT2D eigenvalue weighted by molar-refractivity contribution is 5.99. The Kier molecular flexibility index (Phi) is 2.80. The molecule has 0 bridgehead atoms. The monoisotopic (exact) mass is 178 g/mol. The zero-order chi connectivity index (χ0) is 9.84. The van der Waals surface area contributed by atoms with Crippen LogP contribution in [0.4, 0.5) is 0 Å². The maximum Gasteiger partial charge on any atom is 0.338 e. The number of aldehydes is 1. The third-order valence-corrected chi connectivity index (χ3v) is 1.85. The molecule has 0 amide bonds. The van der Waals surface area contributed by atoms with E-state index in [9.17, 15) is 9.59 Å². The first-order valence-corrected chi connectivity index (χ1v) is 3.83. The normalized spacial score (nSPS) is 9.38. The summed E-state index contributed by atoms with van der Waals surface area (Å²) >= 11 is 0. The molecule has 0 unspecified atom stereocenters. The maximum absolute atomic E-state index is 11.2. The van der Waals surface area contributed by atoms with E-state index in [1.54, 1.807) is 25.1 Å². The minimum Gasteiger partial charge on any atom is -0.465 e. The Morgan fingerprint density at radius 1 is 1.46 bits per heavy atom. The molecule has 0 spiro atoms. The van der Waals surface area contributed by atoms with Crippen molar-refractivity contribution >= 4 is 12.3 Å². The molecule has 0 saturated carbocycles. The average Bonchev–Trinajstić information content (AvgIpc) is 2.16. The highest BCUT2D eigenvalue weighted by Crippen LogP contribution is 2.12. The summed E-state index contributed by atoms with van der Waals surface area (Å²) in [4.78, 5) is 21.8. The van der Waals surface area contributed by atoms with Crippen molar-refractivity contribution in [1.82, 2.24) is 0 Å². The lowest BCUT2D eigenvalue weighted by molar-refractivity contribution is 0.0598. The van der Waals surface area contributed by atoms with Gasteiger partial charge in [-0.2, -0.15) is 0 Å². The summed E-state index contributed by atoms with van der Waals surface area (Å²) in [5.41, 5.74) is 1.49. The third kappa shape index (κ3) is 1.75. The van der Waals surface area contributed by atoms with Gasteiger partial charge in [0, 0.05) is 5.56 Å². The van der Waals surface area contributed by atoms with E-state index in [1.165, 1.54) is 7.11 Å². The Morgan fingerprint density at radius 2 is 2.15 bits per heavy atom. The number of benzene rings is 1. The Balaban J connectivity index is 3.28. The van der Waals surface area contributed by atoms with Crippen LogP contribution in [0.2, 0.25) is 0 Å². The number of ether oxygens (including phenoxy) is 1. The van der Waals surface area contributed by atoms with Crippen LogP contribution >= 0.6 is 0 Å². The SMILES string of the molecule is COC(=O)c1cccc(C)c1C=O. The lowest BCUT2D eigenvalue weighted by atomic mass is 10.0. The molecule has 13 heavy (non-hydrogen) atoms. The smallest absolute Gasteiger partial charge is 0.338 e. The van der Waals surface area contributed by atoms with Crippen molar-refractivity contribution in [3.8, 4) is 0 Å². The van der Waals surface area contributed by atoms with Crippen LogP contribution in [0.1, 0.15) is 26.3 Å². The summed E-state index contributed by atoms with van der Waals surface area (Å²) in [5.74, 6) is -0.481. The molecule has 3 nitrogen and oxygen atoms in total. The van der Waals surface area contributed by atoms with Crippen molar-refractivity contribution < 1.29 is 14.3 Å². The number of carbonyl (C=O) groups excluding carboxylic acids is 2. The van der Waals surface area contributed by atoms with Crippen molar-refractivity contribution in [2.24, 2.45) is 0 Å². The highest BCUT2D eigenvalue weighted by Gasteiger charge is 2.11. The van der Waals surface area contributed by atoms with Crippen molar-refractivity contribution in [1.29, 1.82) is 0 Å². The topological polar surface area (TPSA) is 43.4 Å². The quantitative estimate of drug-likeness (QED) is 0.510. The molecule has 1 aromatic rings. The lowest BCUT2D eigenvalue weighted by Crippen LogP contribution is -2.06. The van der Waals surface area contributed by atoms with Crippen LogP contribution in [-0.4, -0.2) is 19.4 Å². The number of hydrogen-bond donors (Lipinski definition) is 0. The van der Waals surface area contributed by atoms with E-state index in [1.807, 2.05) is 0 Å². The zero-order valence-electron chi connectivity index (χ0n) is 7.53. The number of methoxy groups -OCH3 is 1. The van der Waals surface area contributed by atoms with Crippen LogP contribution in [0.25, 0.3) is 0 Å². The molecule has 0 N–H and O–H groups in total. The van der Waals surface area contributed by atoms with Gasteiger partial charge in [-0.25, -0.2) is 4.79 Å². The number of aryl methyl sites for hydroxylation is 1. The third-order valence-electron chi connectivity index (χ3n) is 1.85. The van der Waals surface area contributed by atoms with E-state index in [0.717, 1.165) is 5.56 Å². The van der Waals surface area contributed by atoms with Crippen LogP contribution in [0.15, 0.2) is 18.2 Å². The van der Waals surface area contributed by atoms with Crippen molar-refractivity contribution in [3.05, 3.63) is 34.9 Å². The molecule has 0 fully saturated rings. The highest BCUT2D eigenvalue weighted by atomic mass is 16.5. The van der Waals surface area contributed by atoms with Gasteiger partial charge in [0.15, 0.2) is 6.29 Å². The molecule has 68 valence electrons. The fourth-order valence-electron chi connectivity index (χ4n) is 1.13. The van der Waals surface area contributed by atoms with Crippen LogP contribution in [0, 0.1) is 6.92 Å². The van der Waals surface area contributed by atoms with E-state index in [0.29, 0.717) is 17.4 Å². The minimum absolute atomic E-state index is 0.317. The van der Waals surface area contributed by atoms with Gasteiger partial charge < -0.3 is 4.74 Å². The number of carbonyl (C=O) groups is 2. The second-order valence-corrected chi connectivity index (χ2v) is 2.65. The first-order valence-electron chi connectivity index (χ1n) is 3.83. The molecule has 0 saturated heterocycles. The van der Waals surface area contributed by atoms with Gasteiger partial charge in [0.2, 0.25) is 0 Å². The molecular formula is C10H10O3. The molecule has 1 rings (SSSR count).